The van der Waals surface area contributed by atoms with Gasteiger partial charge in [0, 0.05) is 19.0 Å². The Morgan fingerprint density at radius 1 is 1.41 bits per heavy atom. The fraction of sp³-hybridized carbons (Fsp3) is 0.467. The molecule has 0 aliphatic heterocycles. The molecule has 7 nitrogen and oxygen atoms in total. The predicted octanol–water partition coefficient (Wildman–Crippen LogP) is 2.15. The second kappa shape index (κ2) is 6.89. The first-order valence-corrected chi connectivity index (χ1v) is 7.12. The topological polar surface area (TPSA) is 105 Å². The van der Waals surface area contributed by atoms with Gasteiger partial charge in [-0.1, -0.05) is 6.07 Å². The molecular weight excluding hydrogens is 286 g/mol. The molecule has 1 fully saturated rings. The van der Waals surface area contributed by atoms with Crippen LogP contribution in [-0.4, -0.2) is 24.0 Å². The van der Waals surface area contributed by atoms with E-state index in [0.717, 1.165) is 0 Å². The van der Waals surface area contributed by atoms with E-state index < -0.39 is 4.92 Å². The molecule has 1 saturated carbocycles. The van der Waals surface area contributed by atoms with E-state index in [9.17, 15) is 14.9 Å². The van der Waals surface area contributed by atoms with Crippen molar-refractivity contribution in [2.45, 2.75) is 31.8 Å². The zero-order valence-corrected chi connectivity index (χ0v) is 12.2. The van der Waals surface area contributed by atoms with Crippen LogP contribution in [0.1, 0.15) is 31.2 Å². The van der Waals surface area contributed by atoms with Gasteiger partial charge < -0.3 is 10.1 Å². The first-order valence-electron chi connectivity index (χ1n) is 7.12. The van der Waals surface area contributed by atoms with Crippen LogP contribution in [-0.2, 0) is 4.79 Å². The quantitative estimate of drug-likeness (QED) is 0.677. The van der Waals surface area contributed by atoms with E-state index in [0.29, 0.717) is 25.7 Å². The average Bonchev–Trinajstić information content (AvgIpc) is 2.54. The smallest absolute Gasteiger partial charge is 0.290 e. The Morgan fingerprint density at radius 2 is 2.09 bits per heavy atom. The highest BCUT2D eigenvalue weighted by atomic mass is 16.6. The summed E-state index contributed by atoms with van der Waals surface area (Å²) in [5.74, 6) is 0.261. The minimum atomic E-state index is -0.589. The van der Waals surface area contributed by atoms with Gasteiger partial charge in [-0.2, -0.15) is 5.26 Å². The molecule has 1 aromatic carbocycles. The molecule has 0 unspecified atom stereocenters. The number of hydrogen-bond donors (Lipinski definition) is 1. The summed E-state index contributed by atoms with van der Waals surface area (Å²) in [4.78, 5) is 21.9. The third-order valence-corrected chi connectivity index (χ3v) is 3.90. The molecule has 22 heavy (non-hydrogen) atoms. The summed E-state index contributed by atoms with van der Waals surface area (Å²) >= 11 is 0. The van der Waals surface area contributed by atoms with Crippen LogP contribution >= 0.6 is 0 Å². The lowest BCUT2D eigenvalue weighted by molar-refractivity contribution is -0.385. The molecule has 0 atom stereocenters. The first kappa shape index (κ1) is 15.8. The van der Waals surface area contributed by atoms with Crippen LogP contribution in [0.3, 0.4) is 0 Å². The van der Waals surface area contributed by atoms with Gasteiger partial charge in [-0.25, -0.2) is 0 Å². The van der Waals surface area contributed by atoms with Crippen LogP contribution in [0.25, 0.3) is 0 Å². The lowest BCUT2D eigenvalue weighted by Crippen LogP contribution is -2.33. The van der Waals surface area contributed by atoms with E-state index in [-0.39, 0.29) is 34.9 Å². The van der Waals surface area contributed by atoms with Gasteiger partial charge in [0.2, 0.25) is 5.91 Å². The van der Waals surface area contributed by atoms with E-state index in [1.165, 1.54) is 12.1 Å². The number of nitrogens with one attached hydrogen (secondary N) is 1. The predicted molar refractivity (Wildman–Crippen MR) is 78.3 cm³/mol. The monoisotopic (exact) mass is 303 g/mol. The maximum Gasteiger partial charge on any atom is 0.290 e. The minimum absolute atomic E-state index is 0.00889. The van der Waals surface area contributed by atoms with Crippen LogP contribution in [0, 0.1) is 27.4 Å². The van der Waals surface area contributed by atoms with Gasteiger partial charge in [0.25, 0.3) is 5.69 Å². The highest BCUT2D eigenvalue weighted by Gasteiger charge is 2.28. The Bertz CT molecular complexity index is 616. The molecule has 1 aliphatic rings. The van der Waals surface area contributed by atoms with Gasteiger partial charge in [0.1, 0.15) is 11.8 Å². The molecule has 0 aromatic heterocycles. The fourth-order valence-corrected chi connectivity index (χ4v) is 2.71. The van der Waals surface area contributed by atoms with E-state index >= 15 is 0 Å². The minimum Gasteiger partial charge on any atom is -0.489 e. The summed E-state index contributed by atoms with van der Waals surface area (Å²) in [5.41, 5.74) is -0.306. The number of carbonyl (C=O) groups is 1. The second-order valence-corrected chi connectivity index (χ2v) is 5.22. The van der Waals surface area contributed by atoms with E-state index in [2.05, 4.69) is 5.32 Å². The normalized spacial score (nSPS) is 20.7. The van der Waals surface area contributed by atoms with Crippen LogP contribution in [0.4, 0.5) is 5.69 Å². The summed E-state index contributed by atoms with van der Waals surface area (Å²) < 4.78 is 5.77. The largest absolute Gasteiger partial charge is 0.489 e. The second-order valence-electron chi connectivity index (χ2n) is 5.22. The van der Waals surface area contributed by atoms with Crippen molar-refractivity contribution in [1.82, 2.24) is 5.32 Å². The molecule has 0 spiro atoms. The summed E-state index contributed by atoms with van der Waals surface area (Å²) in [6, 6.07) is 6.20. The van der Waals surface area contributed by atoms with Crippen LogP contribution in [0.5, 0.6) is 5.75 Å². The van der Waals surface area contributed by atoms with E-state index in [1.54, 1.807) is 13.1 Å². The Morgan fingerprint density at radius 3 is 2.64 bits per heavy atom. The van der Waals surface area contributed by atoms with Crippen molar-refractivity contribution in [3.05, 3.63) is 33.9 Å². The van der Waals surface area contributed by atoms with Crippen molar-refractivity contribution in [3.8, 4) is 11.8 Å². The molecule has 1 amide bonds. The number of ether oxygens (including phenoxy) is 1. The zero-order chi connectivity index (χ0) is 16.1. The maximum atomic E-state index is 11.6. The SMILES string of the molecule is CNC(=O)C1CCC(Oc2cccc([N+](=O)[O-])c2C#N)CC1. The molecule has 7 heteroatoms. The Balaban J connectivity index is 2.07. The molecule has 0 saturated heterocycles. The Labute approximate surface area is 128 Å². The number of nitriles is 1. The average molecular weight is 303 g/mol. The van der Waals surface area contributed by atoms with Crippen molar-refractivity contribution >= 4 is 11.6 Å². The maximum absolute atomic E-state index is 11.6. The molecule has 0 heterocycles. The summed E-state index contributed by atoms with van der Waals surface area (Å²) in [6.07, 6.45) is 2.66. The molecular formula is C15H17N3O4. The lowest BCUT2D eigenvalue weighted by atomic mass is 9.87. The summed E-state index contributed by atoms with van der Waals surface area (Å²) in [6.45, 7) is 0. The Hall–Kier alpha value is -2.62. The number of benzene rings is 1. The van der Waals surface area contributed by atoms with Crippen molar-refractivity contribution < 1.29 is 14.5 Å². The number of amides is 1. The van der Waals surface area contributed by atoms with Gasteiger partial charge in [-0.3, -0.25) is 14.9 Å². The molecule has 1 N–H and O–H groups in total. The van der Waals surface area contributed by atoms with Crippen LogP contribution < -0.4 is 10.1 Å². The Kier molecular flexibility index (Phi) is 4.94. The van der Waals surface area contributed by atoms with Crippen molar-refractivity contribution in [3.63, 3.8) is 0 Å². The molecule has 0 bridgehead atoms. The van der Waals surface area contributed by atoms with Crippen molar-refractivity contribution in [2.24, 2.45) is 5.92 Å². The molecule has 1 aromatic rings. The highest BCUT2D eigenvalue weighted by Crippen LogP contribution is 2.32. The number of carbonyl (C=O) groups excluding carboxylic acids is 1. The van der Waals surface area contributed by atoms with E-state index in [1.807, 2.05) is 6.07 Å². The summed E-state index contributed by atoms with van der Waals surface area (Å²) in [7, 11) is 1.62. The number of nitrogens with zero attached hydrogens (tertiary/aromatic N) is 2. The number of rotatable bonds is 4. The van der Waals surface area contributed by atoms with Crippen molar-refractivity contribution in [2.75, 3.05) is 7.05 Å². The first-order chi connectivity index (χ1) is 10.6. The summed E-state index contributed by atoms with van der Waals surface area (Å²) in [5, 5.41) is 22.7. The molecule has 116 valence electrons. The molecule has 0 radical (unpaired) electrons. The van der Waals surface area contributed by atoms with Gasteiger partial charge in [-0.05, 0) is 31.7 Å². The van der Waals surface area contributed by atoms with Gasteiger partial charge in [-0.15, -0.1) is 0 Å². The lowest BCUT2D eigenvalue weighted by Gasteiger charge is -2.28. The third kappa shape index (κ3) is 3.34. The van der Waals surface area contributed by atoms with Crippen LogP contribution in [0.2, 0.25) is 0 Å². The number of hydrogen-bond acceptors (Lipinski definition) is 5. The number of nitro benzene ring substituents is 1. The number of nitro groups is 1. The highest BCUT2D eigenvalue weighted by molar-refractivity contribution is 5.78. The zero-order valence-electron chi connectivity index (χ0n) is 12.2. The van der Waals surface area contributed by atoms with Crippen molar-refractivity contribution in [1.29, 1.82) is 5.26 Å². The van der Waals surface area contributed by atoms with E-state index in [4.69, 9.17) is 10.00 Å². The molecule has 2 rings (SSSR count). The van der Waals surface area contributed by atoms with Crippen LogP contribution in [0.15, 0.2) is 18.2 Å². The standard InChI is InChI=1S/C15H17N3O4/c1-17-15(19)10-5-7-11(8-6-10)22-14-4-2-3-13(18(20)21)12(14)9-16/h2-4,10-11H,5-8H2,1H3,(H,17,19). The van der Waals surface area contributed by atoms with Gasteiger partial charge >= 0.3 is 0 Å². The van der Waals surface area contributed by atoms with Gasteiger partial charge in [0.15, 0.2) is 5.56 Å². The fourth-order valence-electron chi connectivity index (χ4n) is 2.71. The van der Waals surface area contributed by atoms with Gasteiger partial charge in [0.05, 0.1) is 11.0 Å². The third-order valence-electron chi connectivity index (χ3n) is 3.90. The molecule has 1 aliphatic carbocycles.